The first-order valence-corrected chi connectivity index (χ1v) is 11.3. The van der Waals surface area contributed by atoms with Crippen molar-refractivity contribution in [2.24, 2.45) is 0 Å². The van der Waals surface area contributed by atoms with Crippen molar-refractivity contribution in [1.82, 2.24) is 19.2 Å². The average Bonchev–Trinajstić information content (AvgIpc) is 3.31. The van der Waals surface area contributed by atoms with Gasteiger partial charge in [-0.15, -0.1) is 16.4 Å². The predicted octanol–water partition coefficient (Wildman–Crippen LogP) is 3.29. The molecule has 9 nitrogen and oxygen atoms in total. The molecule has 1 aliphatic carbocycles. The van der Waals surface area contributed by atoms with E-state index in [1.807, 2.05) is 0 Å². The fourth-order valence-corrected chi connectivity index (χ4v) is 5.53. The number of fused-ring (bicyclic) bond motifs is 5. The normalized spacial score (nSPS) is 13.3. The standard InChI is InChI=1S/C21H20ClN5O4S/c1-30-14-8-15(31-2)13(7-12(14)22)24-17(28)9-27-21(29)26-10-23-20-18(19(26)25-27)11-5-3-4-6-16(11)32-20/h7-8,10H,3-6,9H2,1-2H3,(H,24,28). The van der Waals surface area contributed by atoms with Crippen LogP contribution in [0, 0.1) is 0 Å². The Hall–Kier alpha value is -3.11. The van der Waals surface area contributed by atoms with Crippen molar-refractivity contribution < 1.29 is 14.3 Å². The first-order valence-electron chi connectivity index (χ1n) is 10.1. The van der Waals surface area contributed by atoms with Gasteiger partial charge in [0.05, 0.1) is 30.3 Å². The largest absolute Gasteiger partial charge is 0.495 e. The molecule has 4 aromatic rings. The van der Waals surface area contributed by atoms with Crippen LogP contribution < -0.4 is 20.5 Å². The zero-order valence-electron chi connectivity index (χ0n) is 17.5. The number of benzene rings is 1. The quantitative estimate of drug-likeness (QED) is 0.477. The van der Waals surface area contributed by atoms with Gasteiger partial charge < -0.3 is 14.8 Å². The second-order valence-electron chi connectivity index (χ2n) is 7.50. The molecule has 1 amide bonds. The highest BCUT2D eigenvalue weighted by Crippen LogP contribution is 2.37. The molecule has 1 aromatic carbocycles. The van der Waals surface area contributed by atoms with E-state index in [1.165, 1.54) is 41.5 Å². The Kier molecular flexibility index (Phi) is 5.26. The van der Waals surface area contributed by atoms with Crippen molar-refractivity contribution in [2.45, 2.75) is 32.2 Å². The summed E-state index contributed by atoms with van der Waals surface area (Å²) in [5.41, 5.74) is 1.72. The number of carbonyl (C=O) groups excluding carboxylic acids is 1. The van der Waals surface area contributed by atoms with Crippen LogP contribution in [0.1, 0.15) is 23.3 Å². The van der Waals surface area contributed by atoms with Gasteiger partial charge in [-0.3, -0.25) is 4.79 Å². The average molecular weight is 474 g/mol. The Balaban J connectivity index is 1.48. The van der Waals surface area contributed by atoms with E-state index in [4.69, 9.17) is 21.1 Å². The highest BCUT2D eigenvalue weighted by Gasteiger charge is 2.22. The van der Waals surface area contributed by atoms with E-state index in [0.29, 0.717) is 27.9 Å². The Morgan fingerprint density at radius 1 is 1.22 bits per heavy atom. The molecule has 0 fully saturated rings. The van der Waals surface area contributed by atoms with Crippen LogP contribution in [0.2, 0.25) is 5.02 Å². The van der Waals surface area contributed by atoms with E-state index in [1.54, 1.807) is 17.4 Å². The second kappa shape index (κ2) is 8.10. The molecule has 0 spiro atoms. The van der Waals surface area contributed by atoms with Crippen LogP contribution in [0.25, 0.3) is 15.9 Å². The molecule has 0 unspecified atom stereocenters. The lowest BCUT2D eigenvalue weighted by molar-refractivity contribution is -0.117. The molecular weight excluding hydrogens is 454 g/mol. The van der Waals surface area contributed by atoms with Gasteiger partial charge in [-0.1, -0.05) is 11.6 Å². The summed E-state index contributed by atoms with van der Waals surface area (Å²) >= 11 is 7.84. The number of thiophene rings is 1. The third kappa shape index (κ3) is 3.39. The molecule has 166 valence electrons. The zero-order valence-corrected chi connectivity index (χ0v) is 19.0. The minimum Gasteiger partial charge on any atom is -0.495 e. The molecule has 0 radical (unpaired) electrons. The van der Waals surface area contributed by atoms with Crippen LogP contribution in [-0.2, 0) is 24.2 Å². The maximum Gasteiger partial charge on any atom is 0.352 e. The molecule has 0 saturated heterocycles. The van der Waals surface area contributed by atoms with Crippen molar-refractivity contribution >= 4 is 50.4 Å². The van der Waals surface area contributed by atoms with Gasteiger partial charge in [0.15, 0.2) is 5.65 Å². The number of carbonyl (C=O) groups is 1. The lowest BCUT2D eigenvalue weighted by Gasteiger charge is -2.13. The number of nitrogens with one attached hydrogen (secondary N) is 1. The maximum atomic E-state index is 12.9. The number of aromatic nitrogens is 4. The van der Waals surface area contributed by atoms with Crippen molar-refractivity contribution in [3.8, 4) is 11.5 Å². The minimum atomic E-state index is -0.438. The Bertz CT molecular complexity index is 1420. The molecule has 3 heterocycles. The van der Waals surface area contributed by atoms with Crippen molar-refractivity contribution in [3.63, 3.8) is 0 Å². The fourth-order valence-electron chi connectivity index (χ4n) is 4.06. The summed E-state index contributed by atoms with van der Waals surface area (Å²) in [5, 5.41) is 8.46. The molecule has 0 aliphatic heterocycles. The van der Waals surface area contributed by atoms with E-state index < -0.39 is 11.6 Å². The van der Waals surface area contributed by atoms with E-state index >= 15 is 0 Å². The number of hydrogen-bond acceptors (Lipinski definition) is 7. The van der Waals surface area contributed by atoms with E-state index in [0.717, 1.165) is 40.6 Å². The predicted molar refractivity (Wildman–Crippen MR) is 122 cm³/mol. The lowest BCUT2D eigenvalue weighted by Crippen LogP contribution is -2.28. The van der Waals surface area contributed by atoms with Gasteiger partial charge in [-0.05, 0) is 37.3 Å². The third-order valence-electron chi connectivity index (χ3n) is 5.58. The molecule has 3 aromatic heterocycles. The Morgan fingerprint density at radius 3 is 2.78 bits per heavy atom. The molecule has 1 N–H and O–H groups in total. The number of rotatable bonds is 5. The van der Waals surface area contributed by atoms with E-state index in [2.05, 4.69) is 15.4 Å². The monoisotopic (exact) mass is 473 g/mol. The second-order valence-corrected chi connectivity index (χ2v) is 9.00. The smallest absolute Gasteiger partial charge is 0.352 e. The van der Waals surface area contributed by atoms with Crippen LogP contribution in [0.4, 0.5) is 5.69 Å². The van der Waals surface area contributed by atoms with Crippen LogP contribution in [0.15, 0.2) is 23.3 Å². The lowest BCUT2D eigenvalue weighted by atomic mass is 9.97. The summed E-state index contributed by atoms with van der Waals surface area (Å²) in [5.74, 6) is 0.373. The fraction of sp³-hybridized carbons (Fsp3) is 0.333. The van der Waals surface area contributed by atoms with Crippen molar-refractivity contribution in [3.05, 3.63) is 44.4 Å². The first-order chi connectivity index (χ1) is 15.5. The number of ether oxygens (including phenoxy) is 2. The highest BCUT2D eigenvalue weighted by atomic mass is 35.5. The van der Waals surface area contributed by atoms with Gasteiger partial charge in [0.1, 0.15) is 29.2 Å². The van der Waals surface area contributed by atoms with Crippen LogP contribution >= 0.6 is 22.9 Å². The molecule has 0 bridgehead atoms. The number of anilines is 1. The molecule has 0 atom stereocenters. The summed E-state index contributed by atoms with van der Waals surface area (Å²) in [6, 6.07) is 3.12. The SMILES string of the molecule is COc1cc(OC)c(NC(=O)Cn2nc3c4c5c(sc4ncn3c2=O)CCCC5)cc1Cl. The number of hydrogen-bond donors (Lipinski definition) is 1. The number of methoxy groups -OCH3 is 2. The number of halogens is 1. The summed E-state index contributed by atoms with van der Waals surface area (Å²) in [6.07, 6.45) is 5.74. The first kappa shape index (κ1) is 20.8. The van der Waals surface area contributed by atoms with Gasteiger partial charge in [-0.25, -0.2) is 18.9 Å². The van der Waals surface area contributed by atoms with Gasteiger partial charge >= 0.3 is 5.69 Å². The van der Waals surface area contributed by atoms with Gasteiger partial charge in [0.2, 0.25) is 5.91 Å². The van der Waals surface area contributed by atoms with Crippen LogP contribution in [-0.4, -0.2) is 39.3 Å². The Labute approximate surface area is 191 Å². The Morgan fingerprint density at radius 2 is 2.00 bits per heavy atom. The van der Waals surface area contributed by atoms with E-state index in [-0.39, 0.29) is 6.54 Å². The topological polar surface area (TPSA) is 99.8 Å². The number of amides is 1. The van der Waals surface area contributed by atoms with Gasteiger partial charge in [-0.2, -0.15) is 0 Å². The summed E-state index contributed by atoms with van der Waals surface area (Å²) in [4.78, 5) is 32.3. The van der Waals surface area contributed by atoms with Crippen molar-refractivity contribution in [2.75, 3.05) is 19.5 Å². The summed E-state index contributed by atoms with van der Waals surface area (Å²) < 4.78 is 13.0. The summed E-state index contributed by atoms with van der Waals surface area (Å²) in [7, 11) is 2.97. The molecule has 5 rings (SSSR count). The minimum absolute atomic E-state index is 0.263. The van der Waals surface area contributed by atoms with Crippen LogP contribution in [0.5, 0.6) is 11.5 Å². The molecule has 0 saturated carbocycles. The molecule has 11 heteroatoms. The maximum absolute atomic E-state index is 12.9. The molecule has 1 aliphatic rings. The molecule has 32 heavy (non-hydrogen) atoms. The third-order valence-corrected chi connectivity index (χ3v) is 7.07. The number of aryl methyl sites for hydroxylation is 2. The highest BCUT2D eigenvalue weighted by molar-refractivity contribution is 7.19. The summed E-state index contributed by atoms with van der Waals surface area (Å²) in [6.45, 7) is -0.263. The van der Waals surface area contributed by atoms with Gasteiger partial charge in [0, 0.05) is 10.9 Å². The van der Waals surface area contributed by atoms with E-state index in [9.17, 15) is 9.59 Å². The van der Waals surface area contributed by atoms with Gasteiger partial charge in [0.25, 0.3) is 0 Å². The zero-order chi connectivity index (χ0) is 22.4. The van der Waals surface area contributed by atoms with Crippen molar-refractivity contribution in [1.29, 1.82) is 0 Å². The molecular formula is C21H20ClN5O4S. The number of nitrogens with zero attached hydrogens (tertiary/aromatic N) is 4. The van der Waals surface area contributed by atoms with Crippen LogP contribution in [0.3, 0.4) is 0 Å².